The van der Waals surface area contributed by atoms with E-state index in [1.807, 2.05) is 12.1 Å². The lowest BCUT2D eigenvalue weighted by molar-refractivity contribution is 0.162. The van der Waals surface area contributed by atoms with Crippen molar-refractivity contribution < 1.29 is 0 Å². The number of para-hydroxylation sites is 1. The zero-order valence-corrected chi connectivity index (χ0v) is 12.4. The zero-order chi connectivity index (χ0) is 13.8. The average Bonchev–Trinajstić information content (AvgIpc) is 2.96. The molecule has 3 heteroatoms. The molecule has 0 spiro atoms. The summed E-state index contributed by atoms with van der Waals surface area (Å²) in [4.78, 5) is 5.34. The molecule has 1 unspecified atom stereocenters. The van der Waals surface area contributed by atoms with E-state index < -0.39 is 0 Å². The topological polar surface area (TPSA) is 32.5 Å². The number of likely N-dealkylation sites (tertiary alicyclic amines) is 2. The van der Waals surface area contributed by atoms with Gasteiger partial charge in [-0.15, -0.1) is 0 Å². The maximum absolute atomic E-state index is 6.02. The number of rotatable bonds is 4. The number of anilines is 1. The molecule has 3 nitrogen and oxygen atoms in total. The molecule has 0 radical (unpaired) electrons. The Balaban J connectivity index is 1.47. The minimum atomic E-state index is 0.809. The normalized spacial score (nSPS) is 25.1. The van der Waals surface area contributed by atoms with E-state index in [1.54, 1.807) is 0 Å². The Bertz CT molecular complexity index is 426. The minimum Gasteiger partial charge on any atom is -0.399 e. The van der Waals surface area contributed by atoms with Gasteiger partial charge in [-0.25, -0.2) is 0 Å². The highest BCUT2D eigenvalue weighted by molar-refractivity contribution is 5.46. The Kier molecular flexibility index (Phi) is 4.58. The number of hydrogen-bond acceptors (Lipinski definition) is 3. The van der Waals surface area contributed by atoms with Crippen LogP contribution < -0.4 is 5.73 Å². The van der Waals surface area contributed by atoms with Crippen molar-refractivity contribution in [2.24, 2.45) is 0 Å². The van der Waals surface area contributed by atoms with Crippen molar-refractivity contribution in [3.63, 3.8) is 0 Å². The molecule has 0 aliphatic carbocycles. The van der Waals surface area contributed by atoms with E-state index in [0.29, 0.717) is 0 Å². The van der Waals surface area contributed by atoms with Crippen LogP contribution in [-0.2, 0) is 6.42 Å². The largest absolute Gasteiger partial charge is 0.399 e. The molecule has 1 aromatic rings. The predicted octanol–water partition coefficient (Wildman–Crippen LogP) is 2.37. The molecule has 0 bridgehead atoms. The lowest BCUT2D eigenvalue weighted by atomic mass is 10.1. The van der Waals surface area contributed by atoms with E-state index in [9.17, 15) is 0 Å². The zero-order valence-electron chi connectivity index (χ0n) is 12.4. The second-order valence-corrected chi connectivity index (χ2v) is 6.29. The van der Waals surface area contributed by atoms with Gasteiger partial charge in [0.2, 0.25) is 0 Å². The van der Waals surface area contributed by atoms with Crippen molar-refractivity contribution in [3.8, 4) is 0 Å². The van der Waals surface area contributed by atoms with Crippen LogP contribution in [0.1, 0.15) is 31.2 Å². The predicted molar refractivity (Wildman–Crippen MR) is 84.8 cm³/mol. The minimum absolute atomic E-state index is 0.809. The van der Waals surface area contributed by atoms with Crippen LogP contribution in [0.3, 0.4) is 0 Å². The number of benzene rings is 1. The van der Waals surface area contributed by atoms with Gasteiger partial charge in [-0.3, -0.25) is 4.90 Å². The van der Waals surface area contributed by atoms with Crippen molar-refractivity contribution in [3.05, 3.63) is 29.8 Å². The molecular formula is C17H27N3. The summed E-state index contributed by atoms with van der Waals surface area (Å²) in [7, 11) is 0. The smallest absolute Gasteiger partial charge is 0.0347 e. The van der Waals surface area contributed by atoms with Crippen LogP contribution in [-0.4, -0.2) is 48.6 Å². The molecule has 1 atom stereocenters. The van der Waals surface area contributed by atoms with Crippen molar-refractivity contribution in [1.29, 1.82) is 0 Å². The fourth-order valence-electron chi connectivity index (χ4n) is 3.64. The molecule has 0 saturated carbocycles. The number of nitrogens with zero attached hydrogens (tertiary/aromatic N) is 2. The van der Waals surface area contributed by atoms with Gasteiger partial charge in [0.05, 0.1) is 0 Å². The second kappa shape index (κ2) is 6.59. The van der Waals surface area contributed by atoms with Crippen LogP contribution in [0, 0.1) is 0 Å². The Morgan fingerprint density at radius 3 is 2.65 bits per heavy atom. The Labute approximate surface area is 122 Å². The van der Waals surface area contributed by atoms with E-state index in [1.165, 1.54) is 57.4 Å². The first kappa shape index (κ1) is 13.9. The van der Waals surface area contributed by atoms with Crippen molar-refractivity contribution in [2.75, 3.05) is 38.5 Å². The third kappa shape index (κ3) is 3.33. The number of hydrogen-bond donors (Lipinski definition) is 1. The highest BCUT2D eigenvalue weighted by Crippen LogP contribution is 2.21. The van der Waals surface area contributed by atoms with E-state index >= 15 is 0 Å². The quantitative estimate of drug-likeness (QED) is 0.855. The van der Waals surface area contributed by atoms with Crippen molar-refractivity contribution in [1.82, 2.24) is 9.80 Å². The van der Waals surface area contributed by atoms with Gasteiger partial charge in [0.15, 0.2) is 0 Å². The first-order chi connectivity index (χ1) is 9.83. The third-order valence-corrected chi connectivity index (χ3v) is 4.91. The first-order valence-electron chi connectivity index (χ1n) is 8.13. The SMILES string of the molecule is Nc1ccccc1CCN1CCC(N2CCCCC2)C1. The molecule has 2 aliphatic rings. The van der Waals surface area contributed by atoms with E-state index in [4.69, 9.17) is 5.73 Å². The summed E-state index contributed by atoms with van der Waals surface area (Å²) in [6.07, 6.45) is 6.66. The maximum atomic E-state index is 6.02. The van der Waals surface area contributed by atoms with Crippen LogP contribution in [0.15, 0.2) is 24.3 Å². The van der Waals surface area contributed by atoms with Crippen LogP contribution >= 0.6 is 0 Å². The molecule has 20 heavy (non-hydrogen) atoms. The average molecular weight is 273 g/mol. The van der Waals surface area contributed by atoms with Crippen LogP contribution in [0.2, 0.25) is 0 Å². The summed E-state index contributed by atoms with van der Waals surface area (Å²) in [6.45, 7) is 6.31. The van der Waals surface area contributed by atoms with Gasteiger partial charge >= 0.3 is 0 Å². The van der Waals surface area contributed by atoms with Crippen molar-refractivity contribution in [2.45, 2.75) is 38.1 Å². The summed E-state index contributed by atoms with van der Waals surface area (Å²) in [5, 5.41) is 0. The van der Waals surface area contributed by atoms with E-state index in [2.05, 4.69) is 21.9 Å². The summed E-state index contributed by atoms with van der Waals surface area (Å²) in [6, 6.07) is 9.08. The molecule has 2 fully saturated rings. The standard InChI is InChI=1S/C17H27N3/c18-17-7-3-2-6-15(17)8-12-19-13-9-16(14-19)20-10-4-1-5-11-20/h2-3,6-7,16H,1,4-5,8-14,18H2. The highest BCUT2D eigenvalue weighted by Gasteiger charge is 2.27. The first-order valence-corrected chi connectivity index (χ1v) is 8.13. The Morgan fingerprint density at radius 1 is 1.05 bits per heavy atom. The molecule has 0 aromatic heterocycles. The maximum Gasteiger partial charge on any atom is 0.0347 e. The Hall–Kier alpha value is -1.06. The van der Waals surface area contributed by atoms with E-state index in [-0.39, 0.29) is 0 Å². The van der Waals surface area contributed by atoms with Crippen LogP contribution in [0.25, 0.3) is 0 Å². The van der Waals surface area contributed by atoms with Gasteiger partial charge < -0.3 is 10.6 Å². The number of piperidine rings is 1. The molecule has 2 aliphatic heterocycles. The fourth-order valence-corrected chi connectivity index (χ4v) is 3.64. The molecule has 3 rings (SSSR count). The summed E-state index contributed by atoms with van der Waals surface area (Å²) in [5.41, 5.74) is 8.27. The number of nitrogens with two attached hydrogens (primary N) is 1. The van der Waals surface area contributed by atoms with Gasteiger partial charge in [0.25, 0.3) is 0 Å². The summed E-state index contributed by atoms with van der Waals surface area (Å²) < 4.78 is 0. The second-order valence-electron chi connectivity index (χ2n) is 6.29. The highest BCUT2D eigenvalue weighted by atomic mass is 15.3. The van der Waals surface area contributed by atoms with Gasteiger partial charge in [-0.1, -0.05) is 24.6 Å². The molecule has 110 valence electrons. The molecule has 0 amide bonds. The lowest BCUT2D eigenvalue weighted by Crippen LogP contribution is -2.41. The lowest BCUT2D eigenvalue weighted by Gasteiger charge is -2.32. The molecule has 1 aromatic carbocycles. The van der Waals surface area contributed by atoms with Gasteiger partial charge in [-0.2, -0.15) is 0 Å². The molecule has 2 saturated heterocycles. The number of nitrogen functional groups attached to an aromatic ring is 1. The summed E-state index contributed by atoms with van der Waals surface area (Å²) in [5.74, 6) is 0. The van der Waals surface area contributed by atoms with Crippen molar-refractivity contribution >= 4 is 5.69 Å². The van der Waals surface area contributed by atoms with Crippen LogP contribution in [0.5, 0.6) is 0 Å². The molecule has 2 heterocycles. The molecular weight excluding hydrogens is 246 g/mol. The van der Waals surface area contributed by atoms with Gasteiger partial charge in [0, 0.05) is 24.8 Å². The van der Waals surface area contributed by atoms with Gasteiger partial charge in [0.1, 0.15) is 0 Å². The summed E-state index contributed by atoms with van der Waals surface area (Å²) >= 11 is 0. The molecule has 2 N–H and O–H groups in total. The van der Waals surface area contributed by atoms with Crippen LogP contribution in [0.4, 0.5) is 5.69 Å². The van der Waals surface area contributed by atoms with Gasteiger partial charge in [-0.05, 0) is 56.9 Å². The third-order valence-electron chi connectivity index (χ3n) is 4.91. The Morgan fingerprint density at radius 2 is 1.85 bits per heavy atom. The fraction of sp³-hybridized carbons (Fsp3) is 0.647. The van der Waals surface area contributed by atoms with E-state index in [0.717, 1.165) is 24.7 Å². The monoisotopic (exact) mass is 273 g/mol.